The maximum Gasteiger partial charge on any atom is 0.314 e. The van der Waals surface area contributed by atoms with Gasteiger partial charge in [-0.15, -0.1) is 0 Å². The number of benzene rings is 1. The molecule has 0 bridgehead atoms. The van der Waals surface area contributed by atoms with Crippen LogP contribution in [0.25, 0.3) is 0 Å². The number of phenolic OH excluding ortho intramolecular Hbond substituents is 1. The zero-order chi connectivity index (χ0) is 18.6. The summed E-state index contributed by atoms with van der Waals surface area (Å²) in [5.41, 5.74) is 1.49. The smallest absolute Gasteiger partial charge is 0.314 e. The van der Waals surface area contributed by atoms with Crippen molar-refractivity contribution in [2.75, 3.05) is 7.11 Å². The second-order valence-electron chi connectivity index (χ2n) is 8.75. The minimum Gasteiger partial charge on any atom is -0.504 e. The minimum absolute atomic E-state index is 0.0271. The molecule has 0 spiro atoms. The van der Waals surface area contributed by atoms with Gasteiger partial charge in [0, 0.05) is 11.1 Å². The van der Waals surface area contributed by atoms with E-state index in [1.165, 1.54) is 0 Å². The van der Waals surface area contributed by atoms with Crippen molar-refractivity contribution in [1.29, 1.82) is 0 Å². The highest BCUT2D eigenvalue weighted by Gasteiger charge is 2.58. The third-order valence-corrected chi connectivity index (χ3v) is 6.65. The van der Waals surface area contributed by atoms with E-state index in [2.05, 4.69) is 33.8 Å². The fraction of sp³-hybridized carbons (Fsp3) is 0.667. The maximum atomic E-state index is 12.6. The molecule has 1 aromatic carbocycles. The predicted molar refractivity (Wildman–Crippen MR) is 97.5 cm³/mol. The van der Waals surface area contributed by atoms with Gasteiger partial charge in [0.25, 0.3) is 0 Å². The fourth-order valence-electron chi connectivity index (χ4n) is 5.50. The number of phenols is 1. The summed E-state index contributed by atoms with van der Waals surface area (Å²) in [5, 5.41) is 21.4. The highest BCUT2D eigenvalue weighted by molar-refractivity contribution is 5.85. The van der Waals surface area contributed by atoms with Crippen LogP contribution in [0.1, 0.15) is 76.0 Å². The molecule has 1 aromatic rings. The Morgan fingerprint density at radius 1 is 1.32 bits per heavy atom. The van der Waals surface area contributed by atoms with Crippen molar-refractivity contribution in [1.82, 2.24) is 0 Å². The lowest BCUT2D eigenvalue weighted by Gasteiger charge is -2.53. The Kier molecular flexibility index (Phi) is 4.29. The van der Waals surface area contributed by atoms with Crippen LogP contribution in [0.15, 0.2) is 6.07 Å². The van der Waals surface area contributed by atoms with Gasteiger partial charge in [0.2, 0.25) is 0 Å². The third kappa shape index (κ3) is 2.44. The third-order valence-electron chi connectivity index (χ3n) is 6.65. The monoisotopic (exact) mass is 346 g/mol. The standard InChI is InChI=1S/C21H30O4/c1-12(2)14-11-13-7-8-15-20(3,4)9-6-10-21(15,19(23)24)16(13)17(22)18(14)25-5/h11-12,15,22H,6-10H2,1-5H3,(H,23,24)/t15-,21-/m1/s1. The number of ether oxygens (including phenoxy) is 1. The van der Waals surface area contributed by atoms with Crippen LogP contribution in [0.3, 0.4) is 0 Å². The number of carboxylic acid groups (broad SMARTS) is 1. The number of carboxylic acids is 1. The van der Waals surface area contributed by atoms with Crippen LogP contribution >= 0.6 is 0 Å². The summed E-state index contributed by atoms with van der Waals surface area (Å²) in [5.74, 6) is -0.0838. The Labute approximate surface area is 150 Å². The van der Waals surface area contributed by atoms with E-state index in [-0.39, 0.29) is 23.0 Å². The minimum atomic E-state index is -1.01. The average Bonchev–Trinajstić information content (AvgIpc) is 2.53. The van der Waals surface area contributed by atoms with Crippen LogP contribution in [0.5, 0.6) is 11.5 Å². The average molecular weight is 346 g/mol. The van der Waals surface area contributed by atoms with Crippen molar-refractivity contribution >= 4 is 5.97 Å². The molecule has 0 unspecified atom stereocenters. The Balaban J connectivity index is 2.32. The van der Waals surface area contributed by atoms with E-state index in [1.807, 2.05) is 0 Å². The van der Waals surface area contributed by atoms with Gasteiger partial charge in [0.1, 0.15) is 0 Å². The van der Waals surface area contributed by atoms with Gasteiger partial charge >= 0.3 is 5.97 Å². The quantitative estimate of drug-likeness (QED) is 0.838. The number of fused-ring (bicyclic) bond motifs is 3. The lowest BCUT2D eigenvalue weighted by Crippen LogP contribution is -2.54. The van der Waals surface area contributed by atoms with Crippen molar-refractivity contribution in [2.45, 2.75) is 71.1 Å². The highest BCUT2D eigenvalue weighted by atomic mass is 16.5. The number of carbonyl (C=O) groups is 1. The first kappa shape index (κ1) is 18.1. The van der Waals surface area contributed by atoms with E-state index in [9.17, 15) is 15.0 Å². The van der Waals surface area contributed by atoms with Gasteiger partial charge < -0.3 is 14.9 Å². The molecule has 0 radical (unpaired) electrons. The Morgan fingerprint density at radius 3 is 2.56 bits per heavy atom. The molecule has 1 fully saturated rings. The topological polar surface area (TPSA) is 66.8 Å². The number of aryl methyl sites for hydroxylation is 1. The molecule has 2 aliphatic rings. The van der Waals surface area contributed by atoms with E-state index < -0.39 is 11.4 Å². The summed E-state index contributed by atoms with van der Waals surface area (Å²) >= 11 is 0. The number of hydrogen-bond acceptors (Lipinski definition) is 3. The van der Waals surface area contributed by atoms with Crippen molar-refractivity contribution in [3.63, 3.8) is 0 Å². The molecule has 0 aliphatic heterocycles. The van der Waals surface area contributed by atoms with Crippen LogP contribution in [-0.2, 0) is 16.6 Å². The summed E-state index contributed by atoms with van der Waals surface area (Å²) in [6.07, 6.45) is 4.15. The molecule has 2 aliphatic carbocycles. The van der Waals surface area contributed by atoms with Crippen molar-refractivity contribution < 1.29 is 19.7 Å². The first-order valence-electron chi connectivity index (χ1n) is 9.33. The summed E-state index contributed by atoms with van der Waals surface area (Å²) < 4.78 is 5.52. The molecule has 0 amide bonds. The first-order valence-corrected chi connectivity index (χ1v) is 9.33. The number of aromatic hydroxyl groups is 1. The van der Waals surface area contributed by atoms with Crippen LogP contribution in [0.2, 0.25) is 0 Å². The number of hydrogen-bond donors (Lipinski definition) is 2. The van der Waals surface area contributed by atoms with E-state index in [1.54, 1.807) is 7.11 Å². The van der Waals surface area contributed by atoms with Crippen molar-refractivity contribution in [3.05, 3.63) is 22.8 Å². The Bertz CT molecular complexity index is 704. The molecule has 0 saturated heterocycles. The summed E-state index contributed by atoms with van der Waals surface area (Å²) in [7, 11) is 1.55. The first-order chi connectivity index (χ1) is 11.7. The van der Waals surface area contributed by atoms with Crippen molar-refractivity contribution in [3.8, 4) is 11.5 Å². The molecule has 4 nitrogen and oxygen atoms in total. The molecule has 138 valence electrons. The van der Waals surface area contributed by atoms with Crippen LogP contribution in [0.4, 0.5) is 0 Å². The van der Waals surface area contributed by atoms with Crippen LogP contribution in [0, 0.1) is 11.3 Å². The molecule has 4 heteroatoms. The Hall–Kier alpha value is -1.71. The van der Waals surface area contributed by atoms with Gasteiger partial charge in [-0.1, -0.05) is 40.2 Å². The van der Waals surface area contributed by atoms with Gasteiger partial charge in [0.05, 0.1) is 12.5 Å². The zero-order valence-electron chi connectivity index (χ0n) is 16.0. The fourth-order valence-corrected chi connectivity index (χ4v) is 5.50. The van der Waals surface area contributed by atoms with Gasteiger partial charge in [-0.2, -0.15) is 0 Å². The van der Waals surface area contributed by atoms with Gasteiger partial charge in [-0.3, -0.25) is 4.79 Å². The molecule has 0 aromatic heterocycles. The van der Waals surface area contributed by atoms with Gasteiger partial charge in [-0.25, -0.2) is 0 Å². The van der Waals surface area contributed by atoms with Crippen molar-refractivity contribution in [2.24, 2.45) is 11.3 Å². The number of methoxy groups -OCH3 is 1. The molecule has 3 rings (SSSR count). The molecule has 1 saturated carbocycles. The molecular formula is C21H30O4. The molecule has 2 atom stereocenters. The van der Waals surface area contributed by atoms with E-state index in [0.29, 0.717) is 17.7 Å². The van der Waals surface area contributed by atoms with E-state index >= 15 is 0 Å². The summed E-state index contributed by atoms with van der Waals surface area (Å²) in [6, 6.07) is 2.07. The number of aliphatic carboxylic acids is 1. The number of rotatable bonds is 3. The van der Waals surface area contributed by atoms with Gasteiger partial charge in [-0.05, 0) is 48.5 Å². The van der Waals surface area contributed by atoms with Crippen LogP contribution < -0.4 is 4.74 Å². The zero-order valence-corrected chi connectivity index (χ0v) is 16.0. The maximum absolute atomic E-state index is 12.6. The highest BCUT2D eigenvalue weighted by Crippen LogP contribution is 2.60. The van der Waals surface area contributed by atoms with Crippen LogP contribution in [-0.4, -0.2) is 23.3 Å². The van der Waals surface area contributed by atoms with Gasteiger partial charge in [0.15, 0.2) is 11.5 Å². The molecule has 0 heterocycles. The molecular weight excluding hydrogens is 316 g/mol. The van der Waals surface area contributed by atoms with E-state index in [4.69, 9.17) is 4.74 Å². The molecule has 25 heavy (non-hydrogen) atoms. The summed E-state index contributed by atoms with van der Waals surface area (Å²) in [6.45, 7) is 8.48. The second kappa shape index (κ2) is 5.93. The summed E-state index contributed by atoms with van der Waals surface area (Å²) in [4.78, 5) is 12.6. The largest absolute Gasteiger partial charge is 0.504 e. The normalized spacial score (nSPS) is 27.5. The lowest BCUT2D eigenvalue weighted by atomic mass is 9.49. The second-order valence-corrected chi connectivity index (χ2v) is 8.75. The predicted octanol–water partition coefficient (Wildman–Crippen LogP) is 4.62. The Morgan fingerprint density at radius 2 is 2.00 bits per heavy atom. The SMILES string of the molecule is COc1c(C(C)C)cc2c(c1O)[C@@]1(C(=O)O)CCCC(C)(C)[C@H]1CC2. The molecule has 2 N–H and O–H groups in total. The lowest BCUT2D eigenvalue weighted by molar-refractivity contribution is -0.152. The van der Waals surface area contributed by atoms with E-state index in [0.717, 1.165) is 36.8 Å².